The van der Waals surface area contributed by atoms with Crippen LogP contribution in [0.1, 0.15) is 15.4 Å². The van der Waals surface area contributed by atoms with Crippen LogP contribution in [0.4, 0.5) is 5.00 Å². The van der Waals surface area contributed by atoms with Crippen LogP contribution in [0.5, 0.6) is 0 Å². The Morgan fingerprint density at radius 2 is 2.22 bits per heavy atom. The van der Waals surface area contributed by atoms with E-state index in [2.05, 4.69) is 4.98 Å². The molecule has 0 spiro atoms. The van der Waals surface area contributed by atoms with Crippen LogP contribution in [-0.4, -0.2) is 15.9 Å². The Kier molecular flexibility index (Phi) is 3.63. The number of ether oxygens (including phenoxy) is 1. The van der Waals surface area contributed by atoms with Gasteiger partial charge in [-0.2, -0.15) is 0 Å². The van der Waals surface area contributed by atoms with Gasteiger partial charge in [-0.25, -0.2) is 4.79 Å². The van der Waals surface area contributed by atoms with Crippen LogP contribution in [0, 0.1) is 10.1 Å². The minimum absolute atomic E-state index is 0.0470. The second kappa shape index (κ2) is 5.37. The van der Waals surface area contributed by atoms with Crippen molar-refractivity contribution in [3.63, 3.8) is 0 Å². The number of hydrogen-bond acceptors (Lipinski definition) is 6. The molecule has 2 aromatic rings. The maximum atomic E-state index is 11.6. The quantitative estimate of drug-likeness (QED) is 0.481. The van der Waals surface area contributed by atoms with E-state index in [0.717, 1.165) is 11.3 Å². The van der Waals surface area contributed by atoms with Crippen LogP contribution in [0.2, 0.25) is 0 Å². The van der Waals surface area contributed by atoms with Crippen molar-refractivity contribution < 1.29 is 14.5 Å². The van der Waals surface area contributed by atoms with Gasteiger partial charge in [0.15, 0.2) is 0 Å². The molecule has 2 rings (SSSR count). The summed E-state index contributed by atoms with van der Waals surface area (Å²) in [4.78, 5) is 25.7. The zero-order valence-electron chi connectivity index (χ0n) is 9.11. The molecule has 0 aromatic carbocycles. The summed E-state index contributed by atoms with van der Waals surface area (Å²) >= 11 is 0.790. The maximum absolute atomic E-state index is 11.6. The Labute approximate surface area is 106 Å². The van der Waals surface area contributed by atoms with Crippen LogP contribution >= 0.6 is 11.3 Å². The van der Waals surface area contributed by atoms with Crippen molar-refractivity contribution in [2.75, 3.05) is 0 Å². The first kappa shape index (κ1) is 12.2. The summed E-state index contributed by atoms with van der Waals surface area (Å²) in [5, 5.41) is 10.4. The van der Waals surface area contributed by atoms with Gasteiger partial charge < -0.3 is 4.74 Å². The van der Waals surface area contributed by atoms with E-state index < -0.39 is 10.9 Å². The zero-order chi connectivity index (χ0) is 13.0. The van der Waals surface area contributed by atoms with E-state index in [9.17, 15) is 14.9 Å². The fourth-order valence-electron chi connectivity index (χ4n) is 1.23. The molecule has 0 unspecified atom stereocenters. The van der Waals surface area contributed by atoms with Gasteiger partial charge in [-0.1, -0.05) is 17.4 Å². The summed E-state index contributed by atoms with van der Waals surface area (Å²) in [6, 6.07) is 7.93. The highest BCUT2D eigenvalue weighted by atomic mass is 32.1. The number of esters is 1. The van der Waals surface area contributed by atoms with Crippen molar-refractivity contribution >= 4 is 22.3 Å². The van der Waals surface area contributed by atoms with Gasteiger partial charge in [-0.15, -0.1) is 0 Å². The predicted octanol–water partition coefficient (Wildman–Crippen LogP) is 2.41. The molecule has 92 valence electrons. The van der Waals surface area contributed by atoms with E-state index in [1.165, 1.54) is 12.1 Å². The molecular weight excluding hydrogens is 256 g/mol. The first-order chi connectivity index (χ1) is 8.66. The molecule has 0 bridgehead atoms. The molecule has 0 saturated heterocycles. The molecule has 0 aliphatic heterocycles. The van der Waals surface area contributed by atoms with Gasteiger partial charge in [-0.3, -0.25) is 15.1 Å². The Hall–Kier alpha value is -2.28. The average molecular weight is 264 g/mol. The summed E-state index contributed by atoms with van der Waals surface area (Å²) in [7, 11) is 0. The smallest absolute Gasteiger partial charge is 0.348 e. The zero-order valence-corrected chi connectivity index (χ0v) is 9.92. The van der Waals surface area contributed by atoms with Gasteiger partial charge in [0, 0.05) is 12.3 Å². The van der Waals surface area contributed by atoms with Crippen LogP contribution in [-0.2, 0) is 11.3 Å². The first-order valence-corrected chi connectivity index (χ1v) is 5.80. The molecule has 0 saturated carbocycles. The summed E-state index contributed by atoms with van der Waals surface area (Å²) < 4.78 is 4.99. The number of thiophene rings is 1. The van der Waals surface area contributed by atoms with E-state index in [1.54, 1.807) is 24.4 Å². The number of aromatic nitrogens is 1. The fourth-order valence-corrected chi connectivity index (χ4v) is 1.94. The van der Waals surface area contributed by atoms with Gasteiger partial charge in [0.2, 0.25) is 0 Å². The molecule has 6 nitrogen and oxygen atoms in total. The highest BCUT2D eigenvalue weighted by Gasteiger charge is 2.16. The lowest BCUT2D eigenvalue weighted by Crippen LogP contribution is -2.03. The number of carbonyl (C=O) groups is 1. The lowest BCUT2D eigenvalue weighted by atomic mass is 10.4. The molecule has 0 atom stereocenters. The third kappa shape index (κ3) is 2.89. The highest BCUT2D eigenvalue weighted by molar-refractivity contribution is 7.17. The van der Waals surface area contributed by atoms with Gasteiger partial charge in [0.25, 0.3) is 0 Å². The van der Waals surface area contributed by atoms with E-state index in [0.29, 0.717) is 5.69 Å². The molecule has 0 aliphatic carbocycles. The largest absolute Gasteiger partial charge is 0.455 e. The molecular formula is C11H8N2O4S. The van der Waals surface area contributed by atoms with Gasteiger partial charge in [0.1, 0.15) is 11.5 Å². The number of nitro groups is 1. The van der Waals surface area contributed by atoms with Gasteiger partial charge in [0.05, 0.1) is 10.6 Å². The van der Waals surface area contributed by atoms with Crippen LogP contribution in [0.25, 0.3) is 0 Å². The van der Waals surface area contributed by atoms with Crippen molar-refractivity contribution in [2.24, 2.45) is 0 Å². The summed E-state index contributed by atoms with van der Waals surface area (Å²) in [6.45, 7) is 0.0470. The number of carbonyl (C=O) groups excluding carboxylic acids is 1. The van der Waals surface area contributed by atoms with E-state index >= 15 is 0 Å². The monoisotopic (exact) mass is 264 g/mol. The fraction of sp³-hybridized carbons (Fsp3) is 0.0909. The molecule has 18 heavy (non-hydrogen) atoms. The maximum Gasteiger partial charge on any atom is 0.348 e. The third-order valence-corrected chi connectivity index (χ3v) is 3.07. The molecule has 2 heterocycles. The Balaban J connectivity index is 1.97. The van der Waals surface area contributed by atoms with Crippen molar-refractivity contribution in [3.8, 4) is 0 Å². The molecule has 0 fully saturated rings. The Morgan fingerprint density at radius 3 is 2.83 bits per heavy atom. The van der Waals surface area contributed by atoms with Gasteiger partial charge >= 0.3 is 11.0 Å². The molecule has 2 aromatic heterocycles. The third-order valence-electron chi connectivity index (χ3n) is 2.05. The molecule has 7 heteroatoms. The molecule has 0 aliphatic rings. The SMILES string of the molecule is O=C(OCc1ccccn1)c1ccc([N+](=O)[O-])s1. The second-order valence-corrected chi connectivity index (χ2v) is 4.35. The topological polar surface area (TPSA) is 82.3 Å². The average Bonchev–Trinajstić information content (AvgIpc) is 2.87. The van der Waals surface area contributed by atoms with Crippen molar-refractivity contribution in [1.29, 1.82) is 0 Å². The summed E-state index contributed by atoms with van der Waals surface area (Å²) in [5.74, 6) is -0.584. The van der Waals surface area contributed by atoms with Crippen molar-refractivity contribution in [2.45, 2.75) is 6.61 Å². The Morgan fingerprint density at radius 1 is 1.39 bits per heavy atom. The lowest BCUT2D eigenvalue weighted by molar-refractivity contribution is -0.380. The number of hydrogen-bond donors (Lipinski definition) is 0. The lowest BCUT2D eigenvalue weighted by Gasteiger charge is -2.01. The van der Waals surface area contributed by atoms with E-state index in [4.69, 9.17) is 4.74 Å². The normalized spacial score (nSPS) is 10.0. The highest BCUT2D eigenvalue weighted by Crippen LogP contribution is 2.24. The van der Waals surface area contributed by atoms with Crippen LogP contribution in [0.15, 0.2) is 36.5 Å². The van der Waals surface area contributed by atoms with E-state index in [1.807, 2.05) is 0 Å². The Bertz CT molecular complexity index is 567. The molecule has 0 radical (unpaired) electrons. The van der Waals surface area contributed by atoms with Gasteiger partial charge in [-0.05, 0) is 18.2 Å². The standard InChI is InChI=1S/C11H8N2O4S/c14-11(9-4-5-10(18-9)13(15)16)17-7-8-3-1-2-6-12-8/h1-6H,7H2. The second-order valence-electron chi connectivity index (χ2n) is 3.29. The van der Waals surface area contributed by atoms with E-state index in [-0.39, 0.29) is 16.5 Å². The first-order valence-electron chi connectivity index (χ1n) is 4.98. The summed E-state index contributed by atoms with van der Waals surface area (Å²) in [5.41, 5.74) is 0.622. The number of nitrogens with zero attached hydrogens (tertiary/aromatic N) is 2. The summed E-state index contributed by atoms with van der Waals surface area (Å²) in [6.07, 6.45) is 1.60. The minimum atomic E-state index is -0.584. The van der Waals surface area contributed by atoms with Crippen LogP contribution in [0.3, 0.4) is 0 Å². The minimum Gasteiger partial charge on any atom is -0.455 e. The predicted molar refractivity (Wildman–Crippen MR) is 64.3 cm³/mol. The number of rotatable bonds is 4. The molecule has 0 amide bonds. The molecule has 0 N–H and O–H groups in total. The van der Waals surface area contributed by atoms with Crippen LogP contribution < -0.4 is 0 Å². The van der Waals surface area contributed by atoms with Crippen molar-refractivity contribution in [3.05, 3.63) is 57.2 Å². The number of pyridine rings is 1. The van der Waals surface area contributed by atoms with Crippen molar-refractivity contribution in [1.82, 2.24) is 4.98 Å².